The van der Waals surface area contributed by atoms with Crippen molar-refractivity contribution in [2.75, 3.05) is 0 Å². The van der Waals surface area contributed by atoms with Crippen LogP contribution >= 0.6 is 0 Å². The highest BCUT2D eigenvalue weighted by atomic mass is 16.1. The third kappa shape index (κ3) is 3.70. The highest BCUT2D eigenvalue weighted by molar-refractivity contribution is 5.81. The molecule has 1 unspecified atom stereocenters. The van der Waals surface area contributed by atoms with E-state index < -0.39 is 0 Å². The highest BCUT2D eigenvalue weighted by Crippen LogP contribution is 2.15. The Labute approximate surface area is 91.8 Å². The Hall–Kier alpha value is -1.37. The molecule has 0 amide bonds. The minimum absolute atomic E-state index is 0.106. The van der Waals surface area contributed by atoms with Crippen LogP contribution < -0.4 is 0 Å². The second-order valence-electron chi connectivity index (χ2n) is 3.73. The Balaban J connectivity index is 2.66. The molecule has 0 heterocycles. The zero-order chi connectivity index (χ0) is 11.1. The van der Waals surface area contributed by atoms with E-state index in [1.807, 2.05) is 31.2 Å². The van der Waals surface area contributed by atoms with Crippen molar-refractivity contribution in [1.29, 1.82) is 0 Å². The minimum atomic E-state index is 0.106. The molecule has 80 valence electrons. The van der Waals surface area contributed by atoms with Crippen LogP contribution in [0.4, 0.5) is 0 Å². The van der Waals surface area contributed by atoms with E-state index in [0.29, 0.717) is 12.2 Å². The number of Topliss-reactive ketones (excluding diaryl/α,β-unsaturated/α-hetero) is 1. The van der Waals surface area contributed by atoms with E-state index in [-0.39, 0.29) is 5.92 Å². The number of benzene rings is 1. The fourth-order valence-corrected chi connectivity index (χ4v) is 1.72. The van der Waals surface area contributed by atoms with Crippen LogP contribution in [0.25, 0.3) is 0 Å². The van der Waals surface area contributed by atoms with Gasteiger partial charge in [0.15, 0.2) is 0 Å². The van der Waals surface area contributed by atoms with Gasteiger partial charge in [0.05, 0.1) is 0 Å². The van der Waals surface area contributed by atoms with Crippen molar-refractivity contribution in [3.63, 3.8) is 0 Å². The molecule has 0 spiro atoms. The average molecular weight is 202 g/mol. The number of rotatable bonds is 6. The summed E-state index contributed by atoms with van der Waals surface area (Å²) in [6, 6.07) is 10.2. The monoisotopic (exact) mass is 202 g/mol. The van der Waals surface area contributed by atoms with Gasteiger partial charge in [-0.3, -0.25) is 4.79 Å². The number of allylic oxidation sites excluding steroid dienone is 1. The molecule has 0 fully saturated rings. The van der Waals surface area contributed by atoms with Crippen molar-refractivity contribution < 1.29 is 4.79 Å². The Kier molecular flexibility index (Phi) is 4.82. The van der Waals surface area contributed by atoms with E-state index >= 15 is 0 Å². The Bertz CT molecular complexity index is 313. The Morgan fingerprint density at radius 3 is 2.60 bits per heavy atom. The van der Waals surface area contributed by atoms with Crippen molar-refractivity contribution in [1.82, 2.24) is 0 Å². The van der Waals surface area contributed by atoms with Gasteiger partial charge in [-0.05, 0) is 18.4 Å². The maximum absolute atomic E-state index is 11.7. The number of ketones is 1. The second kappa shape index (κ2) is 6.18. The average Bonchev–Trinajstić information content (AvgIpc) is 2.29. The summed E-state index contributed by atoms with van der Waals surface area (Å²) >= 11 is 0. The molecular formula is C14H18O. The van der Waals surface area contributed by atoms with Crippen molar-refractivity contribution in [3.8, 4) is 0 Å². The largest absolute Gasteiger partial charge is 0.299 e. The van der Waals surface area contributed by atoms with E-state index in [1.54, 1.807) is 0 Å². The first-order valence-corrected chi connectivity index (χ1v) is 5.45. The van der Waals surface area contributed by atoms with Crippen molar-refractivity contribution >= 4 is 5.78 Å². The van der Waals surface area contributed by atoms with Crippen molar-refractivity contribution in [3.05, 3.63) is 48.6 Å². The molecule has 0 aromatic heterocycles. The van der Waals surface area contributed by atoms with Crippen LogP contribution in [-0.4, -0.2) is 5.78 Å². The summed E-state index contributed by atoms with van der Waals surface area (Å²) in [4.78, 5) is 11.7. The van der Waals surface area contributed by atoms with E-state index in [0.717, 1.165) is 12.8 Å². The quantitative estimate of drug-likeness (QED) is 0.646. The van der Waals surface area contributed by atoms with Crippen LogP contribution in [0.1, 0.15) is 25.3 Å². The van der Waals surface area contributed by atoms with Crippen LogP contribution in [-0.2, 0) is 11.2 Å². The fraction of sp³-hybridized carbons (Fsp3) is 0.357. The molecule has 1 rings (SSSR count). The number of hydrogen-bond acceptors (Lipinski definition) is 1. The smallest absolute Gasteiger partial charge is 0.136 e. The van der Waals surface area contributed by atoms with Crippen molar-refractivity contribution in [2.24, 2.45) is 5.92 Å². The van der Waals surface area contributed by atoms with Crippen LogP contribution in [0, 0.1) is 5.92 Å². The van der Waals surface area contributed by atoms with Crippen LogP contribution in [0.3, 0.4) is 0 Å². The molecule has 1 heteroatoms. The lowest BCUT2D eigenvalue weighted by molar-refractivity contribution is -0.122. The summed E-state index contributed by atoms with van der Waals surface area (Å²) in [5, 5.41) is 0. The predicted octanol–water partition coefficient (Wildman–Crippen LogP) is 3.40. The standard InChI is InChI=1S/C14H18O/c1-3-8-13(14(15)4-2)11-12-9-6-5-7-10-12/h3,5-7,9-10,13H,1,4,8,11H2,2H3. The summed E-state index contributed by atoms with van der Waals surface area (Å²) < 4.78 is 0. The lowest BCUT2D eigenvalue weighted by atomic mass is 9.91. The Morgan fingerprint density at radius 1 is 1.40 bits per heavy atom. The molecule has 0 aliphatic carbocycles. The predicted molar refractivity (Wildman–Crippen MR) is 63.7 cm³/mol. The zero-order valence-corrected chi connectivity index (χ0v) is 9.28. The van der Waals surface area contributed by atoms with E-state index in [9.17, 15) is 4.79 Å². The first-order chi connectivity index (χ1) is 7.27. The van der Waals surface area contributed by atoms with Gasteiger partial charge in [0.25, 0.3) is 0 Å². The van der Waals surface area contributed by atoms with Gasteiger partial charge in [0, 0.05) is 12.3 Å². The fourth-order valence-electron chi connectivity index (χ4n) is 1.72. The first kappa shape index (κ1) is 11.7. The lowest BCUT2D eigenvalue weighted by Crippen LogP contribution is -2.15. The molecule has 15 heavy (non-hydrogen) atoms. The third-order valence-electron chi connectivity index (χ3n) is 2.58. The van der Waals surface area contributed by atoms with Crippen LogP contribution in [0.2, 0.25) is 0 Å². The second-order valence-corrected chi connectivity index (χ2v) is 3.73. The molecule has 0 aliphatic rings. The minimum Gasteiger partial charge on any atom is -0.299 e. The highest BCUT2D eigenvalue weighted by Gasteiger charge is 2.15. The molecule has 0 aliphatic heterocycles. The van der Waals surface area contributed by atoms with Crippen LogP contribution in [0.15, 0.2) is 43.0 Å². The molecule has 0 N–H and O–H groups in total. The molecule has 1 aromatic rings. The van der Waals surface area contributed by atoms with Gasteiger partial charge in [-0.1, -0.05) is 43.3 Å². The van der Waals surface area contributed by atoms with Gasteiger partial charge >= 0.3 is 0 Å². The molecule has 1 aromatic carbocycles. The number of hydrogen-bond donors (Lipinski definition) is 0. The maximum Gasteiger partial charge on any atom is 0.136 e. The van der Waals surface area contributed by atoms with Gasteiger partial charge in [-0.2, -0.15) is 0 Å². The third-order valence-corrected chi connectivity index (χ3v) is 2.58. The maximum atomic E-state index is 11.7. The van der Waals surface area contributed by atoms with Gasteiger partial charge in [-0.15, -0.1) is 6.58 Å². The molecule has 1 atom stereocenters. The summed E-state index contributed by atoms with van der Waals surface area (Å²) in [5.74, 6) is 0.439. The zero-order valence-electron chi connectivity index (χ0n) is 9.28. The lowest BCUT2D eigenvalue weighted by Gasteiger charge is -2.12. The van der Waals surface area contributed by atoms with Gasteiger partial charge in [-0.25, -0.2) is 0 Å². The topological polar surface area (TPSA) is 17.1 Å². The van der Waals surface area contributed by atoms with Gasteiger partial charge in [0.2, 0.25) is 0 Å². The molecule has 1 nitrogen and oxygen atoms in total. The van der Waals surface area contributed by atoms with Gasteiger partial charge in [0.1, 0.15) is 5.78 Å². The normalized spacial score (nSPS) is 12.1. The number of carbonyl (C=O) groups excluding carboxylic acids is 1. The Morgan fingerprint density at radius 2 is 2.07 bits per heavy atom. The SMILES string of the molecule is C=CCC(Cc1ccccc1)C(=O)CC. The van der Waals surface area contributed by atoms with Crippen molar-refractivity contribution in [2.45, 2.75) is 26.2 Å². The summed E-state index contributed by atoms with van der Waals surface area (Å²) in [7, 11) is 0. The summed E-state index contributed by atoms with van der Waals surface area (Å²) in [5.41, 5.74) is 1.23. The molecule has 0 radical (unpaired) electrons. The van der Waals surface area contributed by atoms with Gasteiger partial charge < -0.3 is 0 Å². The van der Waals surface area contributed by atoms with E-state index in [1.165, 1.54) is 5.56 Å². The van der Waals surface area contributed by atoms with Crippen LogP contribution in [0.5, 0.6) is 0 Å². The summed E-state index contributed by atoms with van der Waals surface area (Å²) in [6.07, 6.45) is 4.06. The molecular weight excluding hydrogens is 184 g/mol. The van der Waals surface area contributed by atoms with E-state index in [4.69, 9.17) is 0 Å². The summed E-state index contributed by atoms with van der Waals surface area (Å²) in [6.45, 7) is 5.63. The molecule has 0 saturated carbocycles. The molecule has 0 saturated heterocycles. The van der Waals surface area contributed by atoms with E-state index in [2.05, 4.69) is 18.7 Å². The number of carbonyl (C=O) groups is 1. The first-order valence-electron chi connectivity index (χ1n) is 5.45. The molecule has 0 bridgehead atoms.